The van der Waals surface area contributed by atoms with Gasteiger partial charge in [-0.25, -0.2) is 0 Å². The molecule has 4 heteroatoms. The SMILES string of the molecule is O=C(Cc1cccnc1)N1CCCSc2ccccc21. The molecule has 0 N–H and O–H groups in total. The van der Waals surface area contributed by atoms with Crippen molar-refractivity contribution in [3.05, 3.63) is 54.4 Å². The van der Waals surface area contributed by atoms with Gasteiger partial charge in [0.15, 0.2) is 0 Å². The normalized spacial score (nSPS) is 14.5. The molecule has 3 nitrogen and oxygen atoms in total. The van der Waals surface area contributed by atoms with Gasteiger partial charge in [0.25, 0.3) is 0 Å². The number of para-hydroxylation sites is 1. The number of carbonyl (C=O) groups excluding carboxylic acids is 1. The van der Waals surface area contributed by atoms with E-state index in [1.807, 2.05) is 47.0 Å². The average Bonchev–Trinajstić information content (AvgIpc) is 2.70. The number of anilines is 1. The molecule has 20 heavy (non-hydrogen) atoms. The zero-order valence-electron chi connectivity index (χ0n) is 11.2. The van der Waals surface area contributed by atoms with Gasteiger partial charge in [-0.2, -0.15) is 0 Å². The summed E-state index contributed by atoms with van der Waals surface area (Å²) in [6.07, 6.45) is 4.92. The second-order valence-corrected chi connectivity index (χ2v) is 5.89. The smallest absolute Gasteiger partial charge is 0.231 e. The van der Waals surface area contributed by atoms with E-state index < -0.39 is 0 Å². The van der Waals surface area contributed by atoms with Gasteiger partial charge >= 0.3 is 0 Å². The van der Waals surface area contributed by atoms with Crippen molar-refractivity contribution in [1.29, 1.82) is 0 Å². The minimum atomic E-state index is 0.146. The predicted octanol–water partition coefficient (Wildman–Crippen LogP) is 3.15. The third kappa shape index (κ3) is 2.85. The number of aromatic nitrogens is 1. The summed E-state index contributed by atoms with van der Waals surface area (Å²) in [6.45, 7) is 0.795. The number of benzene rings is 1. The minimum absolute atomic E-state index is 0.146. The van der Waals surface area contributed by atoms with E-state index in [1.165, 1.54) is 4.90 Å². The first-order chi connectivity index (χ1) is 9.84. The van der Waals surface area contributed by atoms with Crippen molar-refractivity contribution >= 4 is 23.4 Å². The Morgan fingerprint density at radius 2 is 2.15 bits per heavy atom. The molecule has 102 valence electrons. The maximum atomic E-state index is 12.6. The van der Waals surface area contributed by atoms with E-state index >= 15 is 0 Å². The molecule has 2 aromatic rings. The van der Waals surface area contributed by atoms with E-state index in [1.54, 1.807) is 12.4 Å². The maximum Gasteiger partial charge on any atom is 0.231 e. The highest BCUT2D eigenvalue weighted by molar-refractivity contribution is 7.99. The Labute approximate surface area is 123 Å². The van der Waals surface area contributed by atoms with Crippen LogP contribution in [0, 0.1) is 0 Å². The molecule has 0 fully saturated rings. The monoisotopic (exact) mass is 284 g/mol. The lowest BCUT2D eigenvalue weighted by Crippen LogP contribution is -2.33. The Balaban J connectivity index is 1.84. The van der Waals surface area contributed by atoms with E-state index in [4.69, 9.17) is 0 Å². The molecule has 0 unspecified atom stereocenters. The van der Waals surface area contributed by atoms with Gasteiger partial charge in [-0.15, -0.1) is 11.8 Å². The molecule has 1 aliphatic heterocycles. The van der Waals surface area contributed by atoms with Crippen molar-refractivity contribution in [3.8, 4) is 0 Å². The highest BCUT2D eigenvalue weighted by atomic mass is 32.2. The molecule has 1 aromatic heterocycles. The van der Waals surface area contributed by atoms with Crippen molar-refractivity contribution in [1.82, 2.24) is 4.98 Å². The molecule has 2 heterocycles. The van der Waals surface area contributed by atoms with E-state index in [9.17, 15) is 4.79 Å². The topological polar surface area (TPSA) is 33.2 Å². The number of hydrogen-bond acceptors (Lipinski definition) is 3. The van der Waals surface area contributed by atoms with Gasteiger partial charge in [0.2, 0.25) is 5.91 Å². The molecule has 0 saturated heterocycles. The molecule has 0 radical (unpaired) electrons. The van der Waals surface area contributed by atoms with Gasteiger partial charge in [-0.1, -0.05) is 18.2 Å². The van der Waals surface area contributed by atoms with E-state index in [-0.39, 0.29) is 5.91 Å². The Bertz CT molecular complexity index is 600. The number of nitrogens with zero attached hydrogens (tertiary/aromatic N) is 2. The third-order valence-corrected chi connectivity index (χ3v) is 4.47. The average molecular weight is 284 g/mol. The van der Waals surface area contributed by atoms with E-state index in [0.717, 1.165) is 30.0 Å². The molecule has 1 aliphatic rings. The number of hydrogen-bond donors (Lipinski definition) is 0. The zero-order chi connectivity index (χ0) is 13.8. The summed E-state index contributed by atoms with van der Waals surface area (Å²) in [7, 11) is 0. The van der Waals surface area contributed by atoms with Crippen molar-refractivity contribution in [2.24, 2.45) is 0 Å². The fourth-order valence-electron chi connectivity index (χ4n) is 2.36. The molecule has 0 saturated carbocycles. The molecular formula is C16H16N2OS. The third-order valence-electron chi connectivity index (χ3n) is 3.32. The van der Waals surface area contributed by atoms with Crippen LogP contribution in [0.5, 0.6) is 0 Å². The number of carbonyl (C=O) groups is 1. The summed E-state index contributed by atoms with van der Waals surface area (Å²) in [6, 6.07) is 12.0. The van der Waals surface area contributed by atoms with Gasteiger partial charge in [-0.05, 0) is 35.9 Å². The lowest BCUT2D eigenvalue weighted by Gasteiger charge is -2.22. The van der Waals surface area contributed by atoms with Gasteiger partial charge < -0.3 is 4.90 Å². The summed E-state index contributed by atoms with van der Waals surface area (Å²) in [5.74, 6) is 1.21. The summed E-state index contributed by atoms with van der Waals surface area (Å²) in [4.78, 5) is 19.8. The predicted molar refractivity (Wildman–Crippen MR) is 82.1 cm³/mol. The van der Waals surface area contributed by atoms with Crippen LogP contribution in [0.3, 0.4) is 0 Å². The Morgan fingerprint density at radius 1 is 1.25 bits per heavy atom. The van der Waals surface area contributed by atoms with Crippen LogP contribution in [0.25, 0.3) is 0 Å². The Morgan fingerprint density at radius 3 is 3.00 bits per heavy atom. The number of pyridine rings is 1. The highest BCUT2D eigenvalue weighted by Gasteiger charge is 2.21. The second-order valence-electron chi connectivity index (χ2n) is 4.75. The molecule has 1 amide bonds. The molecule has 3 rings (SSSR count). The van der Waals surface area contributed by atoms with Gasteiger partial charge in [0.1, 0.15) is 0 Å². The van der Waals surface area contributed by atoms with Crippen LogP contribution >= 0.6 is 11.8 Å². The quantitative estimate of drug-likeness (QED) is 0.849. The van der Waals surface area contributed by atoms with Crippen molar-refractivity contribution in [2.75, 3.05) is 17.2 Å². The number of rotatable bonds is 2. The lowest BCUT2D eigenvalue weighted by molar-refractivity contribution is -0.118. The molecular weight excluding hydrogens is 268 g/mol. The minimum Gasteiger partial charge on any atom is -0.311 e. The first-order valence-electron chi connectivity index (χ1n) is 6.76. The molecule has 0 bridgehead atoms. The summed E-state index contributed by atoms with van der Waals surface area (Å²) in [5, 5.41) is 0. The van der Waals surface area contributed by atoms with Gasteiger partial charge in [0, 0.05) is 23.8 Å². The van der Waals surface area contributed by atoms with Crippen LogP contribution in [0.4, 0.5) is 5.69 Å². The molecule has 0 spiro atoms. The van der Waals surface area contributed by atoms with Crippen LogP contribution < -0.4 is 4.90 Å². The van der Waals surface area contributed by atoms with Crippen LogP contribution in [-0.2, 0) is 11.2 Å². The summed E-state index contributed by atoms with van der Waals surface area (Å²) < 4.78 is 0. The fourth-order valence-corrected chi connectivity index (χ4v) is 3.35. The van der Waals surface area contributed by atoms with Crippen LogP contribution in [0.15, 0.2) is 53.7 Å². The van der Waals surface area contributed by atoms with Gasteiger partial charge in [-0.3, -0.25) is 9.78 Å². The van der Waals surface area contributed by atoms with Crippen molar-refractivity contribution in [2.45, 2.75) is 17.7 Å². The van der Waals surface area contributed by atoms with E-state index in [0.29, 0.717) is 6.42 Å². The maximum absolute atomic E-state index is 12.6. The van der Waals surface area contributed by atoms with Crippen LogP contribution in [-0.4, -0.2) is 23.2 Å². The summed E-state index contributed by atoms with van der Waals surface area (Å²) in [5.41, 5.74) is 2.01. The van der Waals surface area contributed by atoms with Gasteiger partial charge in [0.05, 0.1) is 12.1 Å². The molecule has 0 aliphatic carbocycles. The van der Waals surface area contributed by atoms with E-state index in [2.05, 4.69) is 11.1 Å². The number of fused-ring (bicyclic) bond motifs is 1. The molecule has 1 aromatic carbocycles. The Kier molecular flexibility index (Phi) is 4.02. The number of thioether (sulfide) groups is 1. The molecule has 0 atom stereocenters. The number of amides is 1. The second kappa shape index (κ2) is 6.09. The standard InChI is InChI=1S/C16H16N2OS/c19-16(11-13-5-3-8-17-12-13)18-9-4-10-20-15-7-2-1-6-14(15)18/h1-3,5-8,12H,4,9-11H2. The van der Waals surface area contributed by atoms with Crippen molar-refractivity contribution in [3.63, 3.8) is 0 Å². The fraction of sp³-hybridized carbons (Fsp3) is 0.250. The highest BCUT2D eigenvalue weighted by Crippen LogP contribution is 2.33. The first kappa shape index (κ1) is 13.2. The first-order valence-corrected chi connectivity index (χ1v) is 7.74. The van der Waals surface area contributed by atoms with Crippen molar-refractivity contribution < 1.29 is 4.79 Å². The largest absolute Gasteiger partial charge is 0.311 e. The van der Waals surface area contributed by atoms with Crippen LogP contribution in [0.1, 0.15) is 12.0 Å². The Hall–Kier alpha value is -1.81. The summed E-state index contributed by atoms with van der Waals surface area (Å²) >= 11 is 1.83. The lowest BCUT2D eigenvalue weighted by atomic mass is 10.1. The van der Waals surface area contributed by atoms with Crippen LogP contribution in [0.2, 0.25) is 0 Å². The zero-order valence-corrected chi connectivity index (χ0v) is 12.0.